The number of hydrogen-bond acceptors (Lipinski definition) is 6. The molecule has 38 heavy (non-hydrogen) atoms. The molecule has 1 aliphatic heterocycles. The molecule has 9 heteroatoms. The van der Waals surface area contributed by atoms with Gasteiger partial charge in [-0.2, -0.15) is 0 Å². The molecule has 0 bridgehead atoms. The van der Waals surface area contributed by atoms with E-state index in [0.717, 1.165) is 27.5 Å². The van der Waals surface area contributed by atoms with Gasteiger partial charge in [0.05, 0.1) is 58.2 Å². The van der Waals surface area contributed by atoms with Crippen molar-refractivity contribution in [2.75, 3.05) is 22.0 Å². The van der Waals surface area contributed by atoms with Gasteiger partial charge in [-0.3, -0.25) is 27.8 Å². The maximum atomic E-state index is 13.9. The minimum absolute atomic E-state index is 0.0521. The smallest absolute Gasteiger partial charge is 0.333 e. The summed E-state index contributed by atoms with van der Waals surface area (Å²) in [6.07, 6.45) is 0. The summed E-state index contributed by atoms with van der Waals surface area (Å²) in [5.41, 5.74) is 2.63. The molecule has 188 valence electrons. The van der Waals surface area contributed by atoms with E-state index in [4.69, 9.17) is 9.97 Å². The fraction of sp³-hybridized carbons (Fsp3) is 0.172. The first-order valence-corrected chi connectivity index (χ1v) is 12.9. The molecule has 8 nitrogen and oxygen atoms in total. The van der Waals surface area contributed by atoms with Crippen LogP contribution in [0.3, 0.4) is 0 Å². The normalized spacial score (nSPS) is 12.6. The monoisotopic (exact) mass is 566 g/mol. The summed E-state index contributed by atoms with van der Waals surface area (Å²) >= 11 is 3.56. The van der Waals surface area contributed by atoms with Gasteiger partial charge >= 0.3 is 5.69 Å². The van der Waals surface area contributed by atoms with Crippen molar-refractivity contribution < 1.29 is 0 Å². The lowest BCUT2D eigenvalue weighted by molar-refractivity contribution is 0.610. The Bertz CT molecular complexity index is 1880. The number of rotatable bonds is 5. The van der Waals surface area contributed by atoms with E-state index in [9.17, 15) is 9.59 Å². The van der Waals surface area contributed by atoms with Crippen molar-refractivity contribution in [1.82, 2.24) is 19.1 Å². The standard InChI is InChI=1S/C29H23BrN6O2/c1-2-3-16-33-19-36(30)27-26(33)28(37)35(18-23-15-13-21-9-5-7-11-25(21)32-23)29(38)34(27)17-22-14-12-20-8-4-6-10-24(20)31-22/h4-15H,16-19H2,1H3. The quantitative estimate of drug-likeness (QED) is 0.235. The molecule has 2 aromatic carbocycles. The van der Waals surface area contributed by atoms with Crippen LogP contribution in [-0.4, -0.2) is 32.3 Å². The second-order valence-electron chi connectivity index (χ2n) is 9.05. The van der Waals surface area contributed by atoms with E-state index < -0.39 is 5.69 Å². The molecule has 0 aliphatic carbocycles. The van der Waals surface area contributed by atoms with Crippen LogP contribution in [0.4, 0.5) is 11.5 Å². The van der Waals surface area contributed by atoms with Crippen molar-refractivity contribution in [2.24, 2.45) is 0 Å². The summed E-state index contributed by atoms with van der Waals surface area (Å²) < 4.78 is 4.60. The maximum Gasteiger partial charge on any atom is 0.333 e. The number of pyridine rings is 2. The Kier molecular flexibility index (Phi) is 6.18. The number of nitrogens with zero attached hydrogens (tertiary/aromatic N) is 6. The Morgan fingerprint density at radius 2 is 1.39 bits per heavy atom. The maximum absolute atomic E-state index is 13.9. The number of benzene rings is 2. The molecule has 0 unspecified atom stereocenters. The Morgan fingerprint density at radius 1 is 0.816 bits per heavy atom. The lowest BCUT2D eigenvalue weighted by atomic mass is 10.2. The average Bonchev–Trinajstić information content (AvgIpc) is 3.27. The van der Waals surface area contributed by atoms with Crippen LogP contribution in [0.15, 0.2) is 82.4 Å². The largest absolute Gasteiger partial charge is 0.334 e. The molecule has 0 radical (unpaired) electrons. The van der Waals surface area contributed by atoms with Gasteiger partial charge in [0.2, 0.25) is 0 Å². The summed E-state index contributed by atoms with van der Waals surface area (Å²) in [6.45, 7) is 2.76. The highest BCUT2D eigenvalue weighted by Crippen LogP contribution is 2.34. The molecule has 6 rings (SSSR count). The first-order chi connectivity index (χ1) is 18.5. The lowest BCUT2D eigenvalue weighted by Gasteiger charge is -2.18. The molecule has 0 atom stereocenters. The van der Waals surface area contributed by atoms with Gasteiger partial charge in [0, 0.05) is 10.8 Å². The zero-order chi connectivity index (χ0) is 26.2. The molecule has 0 spiro atoms. The molecular weight excluding hydrogens is 544 g/mol. The van der Waals surface area contributed by atoms with Gasteiger partial charge in [-0.25, -0.2) is 4.79 Å². The molecule has 4 heterocycles. The predicted octanol–water partition coefficient (Wildman–Crippen LogP) is 4.12. The number of aromatic nitrogens is 4. The SMILES string of the molecule is CC#CCN1CN(Br)c2c1c(=O)n(Cc1ccc3ccccc3n1)c(=O)n2Cc1ccc2ccccc2n1. The Labute approximate surface area is 227 Å². The highest BCUT2D eigenvalue weighted by atomic mass is 79.9. The van der Waals surface area contributed by atoms with Gasteiger partial charge in [0.1, 0.15) is 12.4 Å². The van der Waals surface area contributed by atoms with E-state index in [-0.39, 0.29) is 18.6 Å². The van der Waals surface area contributed by atoms with Crippen molar-refractivity contribution >= 4 is 49.5 Å². The fourth-order valence-electron chi connectivity index (χ4n) is 4.79. The van der Waals surface area contributed by atoms with Crippen LogP contribution in [0.1, 0.15) is 18.3 Å². The fourth-order valence-corrected chi connectivity index (χ4v) is 5.42. The highest BCUT2D eigenvalue weighted by Gasteiger charge is 2.33. The van der Waals surface area contributed by atoms with Crippen molar-refractivity contribution in [3.8, 4) is 11.8 Å². The van der Waals surface area contributed by atoms with E-state index in [2.05, 4.69) is 28.0 Å². The van der Waals surface area contributed by atoms with Gasteiger partial charge in [0.15, 0.2) is 5.82 Å². The molecular formula is C29H23BrN6O2. The number of halogens is 1. The van der Waals surface area contributed by atoms with Gasteiger partial charge in [-0.1, -0.05) is 54.5 Å². The molecule has 0 saturated heterocycles. The second-order valence-corrected chi connectivity index (χ2v) is 9.91. The van der Waals surface area contributed by atoms with Gasteiger partial charge in [0.25, 0.3) is 5.56 Å². The number of hydrogen-bond donors (Lipinski definition) is 0. The number of anilines is 2. The third-order valence-electron chi connectivity index (χ3n) is 6.62. The van der Waals surface area contributed by atoms with E-state index in [1.807, 2.05) is 77.7 Å². The Balaban J connectivity index is 1.51. The molecule has 5 aromatic rings. The number of para-hydroxylation sites is 2. The third-order valence-corrected chi connectivity index (χ3v) is 7.18. The molecule has 0 fully saturated rings. The van der Waals surface area contributed by atoms with Gasteiger partial charge < -0.3 is 4.90 Å². The van der Waals surface area contributed by atoms with Crippen LogP contribution in [0.5, 0.6) is 0 Å². The summed E-state index contributed by atoms with van der Waals surface area (Å²) in [4.78, 5) is 39.1. The van der Waals surface area contributed by atoms with Crippen LogP contribution in [-0.2, 0) is 13.1 Å². The first kappa shape index (κ1) is 23.9. The summed E-state index contributed by atoms with van der Waals surface area (Å²) in [7, 11) is 0. The van der Waals surface area contributed by atoms with Gasteiger partial charge in [-0.05, 0) is 31.2 Å². The predicted molar refractivity (Wildman–Crippen MR) is 154 cm³/mol. The number of fused-ring (bicyclic) bond motifs is 3. The minimum atomic E-state index is -0.424. The van der Waals surface area contributed by atoms with Crippen molar-refractivity contribution in [2.45, 2.75) is 20.0 Å². The minimum Gasteiger partial charge on any atom is -0.334 e. The molecule has 0 amide bonds. The van der Waals surface area contributed by atoms with E-state index in [1.54, 1.807) is 15.4 Å². The van der Waals surface area contributed by atoms with Crippen LogP contribution in [0, 0.1) is 11.8 Å². The first-order valence-electron chi connectivity index (χ1n) is 12.2. The third kappa shape index (κ3) is 4.23. The summed E-state index contributed by atoms with van der Waals surface area (Å²) in [5, 5.41) is 2.02. The van der Waals surface area contributed by atoms with Crippen LogP contribution in [0.25, 0.3) is 21.8 Å². The zero-order valence-corrected chi connectivity index (χ0v) is 22.2. The van der Waals surface area contributed by atoms with Crippen molar-refractivity contribution in [3.63, 3.8) is 0 Å². The Hall–Kier alpha value is -4.42. The van der Waals surface area contributed by atoms with Crippen LogP contribution >= 0.6 is 16.1 Å². The summed E-state index contributed by atoms with van der Waals surface area (Å²) in [6, 6.07) is 23.3. The van der Waals surface area contributed by atoms with Crippen LogP contribution < -0.4 is 20.1 Å². The topological polar surface area (TPSA) is 76.3 Å². The lowest BCUT2D eigenvalue weighted by Crippen LogP contribution is -2.42. The molecule has 1 aliphatic rings. The average molecular weight is 567 g/mol. The molecule has 0 saturated carbocycles. The van der Waals surface area contributed by atoms with Crippen molar-refractivity contribution in [1.29, 1.82) is 0 Å². The zero-order valence-electron chi connectivity index (χ0n) is 20.6. The Morgan fingerprint density at radius 3 is 2.00 bits per heavy atom. The van der Waals surface area contributed by atoms with Crippen LogP contribution in [0.2, 0.25) is 0 Å². The second kappa shape index (κ2) is 9.80. The van der Waals surface area contributed by atoms with Gasteiger partial charge in [-0.15, -0.1) is 5.92 Å². The van der Waals surface area contributed by atoms with E-state index in [1.165, 1.54) is 4.57 Å². The van der Waals surface area contributed by atoms with E-state index >= 15 is 0 Å². The molecule has 3 aromatic heterocycles. The van der Waals surface area contributed by atoms with E-state index in [0.29, 0.717) is 30.4 Å². The molecule has 0 N–H and O–H groups in total. The van der Waals surface area contributed by atoms with Crippen molar-refractivity contribution in [3.05, 3.63) is 105 Å². The summed E-state index contributed by atoms with van der Waals surface area (Å²) in [5.74, 6) is 6.43. The highest BCUT2D eigenvalue weighted by molar-refractivity contribution is 9.10.